The van der Waals surface area contributed by atoms with Gasteiger partial charge in [-0.05, 0) is 31.9 Å². The predicted molar refractivity (Wildman–Crippen MR) is 68.3 cm³/mol. The van der Waals surface area contributed by atoms with E-state index < -0.39 is 0 Å². The van der Waals surface area contributed by atoms with Gasteiger partial charge in [-0.1, -0.05) is 24.6 Å². The van der Waals surface area contributed by atoms with E-state index in [-0.39, 0.29) is 11.9 Å². The van der Waals surface area contributed by atoms with E-state index in [2.05, 4.69) is 11.8 Å². The lowest BCUT2D eigenvalue weighted by atomic mass is 10.0. The number of halogens is 1. The molecule has 0 aliphatic carbocycles. The largest absolute Gasteiger partial charge is 0.329 e. The summed E-state index contributed by atoms with van der Waals surface area (Å²) in [5, 5.41) is 0. The second-order valence-electron chi connectivity index (χ2n) is 5.17. The normalized spacial score (nSPS) is 22.9. The van der Waals surface area contributed by atoms with Crippen molar-refractivity contribution in [2.75, 3.05) is 19.6 Å². The maximum absolute atomic E-state index is 13.9. The van der Waals surface area contributed by atoms with Crippen molar-refractivity contribution in [2.45, 2.75) is 26.3 Å². The van der Waals surface area contributed by atoms with Gasteiger partial charge in [0.1, 0.15) is 5.82 Å². The molecular formula is C14H21FN2. The van der Waals surface area contributed by atoms with E-state index in [1.807, 2.05) is 13.0 Å². The fourth-order valence-electron chi connectivity index (χ4n) is 2.64. The molecule has 2 unspecified atom stereocenters. The Morgan fingerprint density at radius 2 is 2.29 bits per heavy atom. The van der Waals surface area contributed by atoms with Crippen molar-refractivity contribution in [3.8, 4) is 0 Å². The van der Waals surface area contributed by atoms with Gasteiger partial charge in [0.15, 0.2) is 0 Å². The molecule has 1 heterocycles. The van der Waals surface area contributed by atoms with Crippen molar-refractivity contribution in [1.29, 1.82) is 0 Å². The highest BCUT2D eigenvalue weighted by Crippen LogP contribution is 2.28. The van der Waals surface area contributed by atoms with Crippen LogP contribution in [0, 0.1) is 18.7 Å². The fraction of sp³-hybridized carbons (Fsp3) is 0.571. The molecule has 1 aliphatic rings. The maximum atomic E-state index is 13.9. The summed E-state index contributed by atoms with van der Waals surface area (Å²) in [5.74, 6) is 0.558. The van der Waals surface area contributed by atoms with Crippen LogP contribution in [0.1, 0.15) is 30.5 Å². The molecule has 1 saturated heterocycles. The number of nitrogens with two attached hydrogens (primary N) is 1. The Morgan fingerprint density at radius 3 is 2.88 bits per heavy atom. The van der Waals surface area contributed by atoms with Crippen molar-refractivity contribution in [3.63, 3.8) is 0 Å². The Kier molecular flexibility index (Phi) is 3.79. The first-order valence-electron chi connectivity index (χ1n) is 6.32. The summed E-state index contributed by atoms with van der Waals surface area (Å²) in [5.41, 5.74) is 7.68. The number of benzene rings is 1. The summed E-state index contributed by atoms with van der Waals surface area (Å²) < 4.78 is 13.9. The van der Waals surface area contributed by atoms with Crippen LogP contribution < -0.4 is 5.73 Å². The number of nitrogens with zero attached hydrogens (tertiary/aromatic N) is 1. The minimum atomic E-state index is -0.134. The van der Waals surface area contributed by atoms with Crippen LogP contribution >= 0.6 is 0 Å². The van der Waals surface area contributed by atoms with E-state index in [0.29, 0.717) is 12.5 Å². The van der Waals surface area contributed by atoms with E-state index in [1.54, 1.807) is 12.1 Å². The number of hydrogen-bond donors (Lipinski definition) is 1. The van der Waals surface area contributed by atoms with Gasteiger partial charge in [-0.3, -0.25) is 4.90 Å². The van der Waals surface area contributed by atoms with E-state index >= 15 is 0 Å². The second-order valence-corrected chi connectivity index (χ2v) is 5.17. The number of aryl methyl sites for hydroxylation is 1. The van der Waals surface area contributed by atoms with Crippen molar-refractivity contribution >= 4 is 0 Å². The van der Waals surface area contributed by atoms with Crippen LogP contribution in [-0.2, 0) is 0 Å². The zero-order chi connectivity index (χ0) is 12.4. The van der Waals surface area contributed by atoms with Gasteiger partial charge in [0.05, 0.1) is 0 Å². The Morgan fingerprint density at radius 1 is 1.53 bits per heavy atom. The van der Waals surface area contributed by atoms with Crippen molar-refractivity contribution in [3.05, 3.63) is 35.1 Å². The maximum Gasteiger partial charge on any atom is 0.128 e. The van der Waals surface area contributed by atoms with Gasteiger partial charge in [0.25, 0.3) is 0 Å². The first-order chi connectivity index (χ1) is 8.11. The zero-order valence-corrected chi connectivity index (χ0v) is 10.6. The van der Waals surface area contributed by atoms with E-state index in [1.165, 1.54) is 6.42 Å². The average molecular weight is 236 g/mol. The first kappa shape index (κ1) is 12.5. The smallest absolute Gasteiger partial charge is 0.128 e. The minimum Gasteiger partial charge on any atom is -0.329 e. The molecule has 94 valence electrons. The molecule has 0 amide bonds. The quantitative estimate of drug-likeness (QED) is 0.873. The third-order valence-corrected chi connectivity index (χ3v) is 3.63. The predicted octanol–water partition coefficient (Wildman–Crippen LogP) is 2.48. The Labute approximate surface area is 103 Å². The van der Waals surface area contributed by atoms with Crippen LogP contribution in [0.2, 0.25) is 0 Å². The summed E-state index contributed by atoms with van der Waals surface area (Å²) >= 11 is 0. The zero-order valence-electron chi connectivity index (χ0n) is 10.6. The van der Waals surface area contributed by atoms with Crippen LogP contribution in [-0.4, -0.2) is 24.5 Å². The van der Waals surface area contributed by atoms with Gasteiger partial charge in [-0.2, -0.15) is 0 Å². The van der Waals surface area contributed by atoms with Crippen LogP contribution in [0.15, 0.2) is 18.2 Å². The summed E-state index contributed by atoms with van der Waals surface area (Å²) in [7, 11) is 0. The molecule has 1 aromatic rings. The van der Waals surface area contributed by atoms with Gasteiger partial charge < -0.3 is 5.73 Å². The van der Waals surface area contributed by atoms with Crippen molar-refractivity contribution < 1.29 is 4.39 Å². The lowest BCUT2D eigenvalue weighted by Gasteiger charge is -2.27. The molecule has 0 radical (unpaired) electrons. The molecule has 3 heteroatoms. The van der Waals surface area contributed by atoms with Crippen LogP contribution in [0.3, 0.4) is 0 Å². The molecule has 1 aromatic carbocycles. The first-order valence-corrected chi connectivity index (χ1v) is 6.32. The lowest BCUT2D eigenvalue weighted by molar-refractivity contribution is 0.238. The third-order valence-electron chi connectivity index (χ3n) is 3.63. The number of likely N-dealkylation sites (tertiary alicyclic amines) is 1. The standard InChI is InChI=1S/C14H21FN2/c1-10-3-4-13(15)12(7-10)14(8-16)17-6-5-11(2)9-17/h3-4,7,11,14H,5-6,8-9,16H2,1-2H3. The molecule has 0 saturated carbocycles. The lowest BCUT2D eigenvalue weighted by Crippen LogP contribution is -2.32. The summed E-state index contributed by atoms with van der Waals surface area (Å²) in [6.07, 6.45) is 1.18. The SMILES string of the molecule is Cc1ccc(F)c(C(CN)N2CCC(C)C2)c1. The van der Waals surface area contributed by atoms with Gasteiger partial charge in [-0.25, -0.2) is 4.39 Å². The summed E-state index contributed by atoms with van der Waals surface area (Å²) in [4.78, 5) is 2.31. The highest BCUT2D eigenvalue weighted by atomic mass is 19.1. The minimum absolute atomic E-state index is 0.0276. The van der Waals surface area contributed by atoms with Gasteiger partial charge in [-0.15, -0.1) is 0 Å². The monoisotopic (exact) mass is 236 g/mol. The molecular weight excluding hydrogens is 215 g/mol. The van der Waals surface area contributed by atoms with Crippen molar-refractivity contribution in [2.24, 2.45) is 11.7 Å². The molecule has 2 rings (SSSR count). The molecule has 1 aliphatic heterocycles. The van der Waals surface area contributed by atoms with Gasteiger partial charge >= 0.3 is 0 Å². The number of hydrogen-bond acceptors (Lipinski definition) is 2. The fourth-order valence-corrected chi connectivity index (χ4v) is 2.64. The summed E-state index contributed by atoms with van der Waals surface area (Å²) in [6, 6.07) is 5.31. The molecule has 2 N–H and O–H groups in total. The number of rotatable bonds is 3. The molecule has 2 atom stereocenters. The molecule has 0 bridgehead atoms. The molecule has 0 aromatic heterocycles. The van der Waals surface area contributed by atoms with E-state index in [0.717, 1.165) is 24.2 Å². The molecule has 2 nitrogen and oxygen atoms in total. The highest BCUT2D eigenvalue weighted by Gasteiger charge is 2.27. The van der Waals surface area contributed by atoms with Crippen LogP contribution in [0.5, 0.6) is 0 Å². The molecule has 1 fully saturated rings. The average Bonchev–Trinajstić information content (AvgIpc) is 2.71. The van der Waals surface area contributed by atoms with Gasteiger partial charge in [0, 0.05) is 24.7 Å². The molecule has 0 spiro atoms. The van der Waals surface area contributed by atoms with E-state index in [9.17, 15) is 4.39 Å². The Balaban J connectivity index is 2.25. The highest BCUT2D eigenvalue weighted by molar-refractivity contribution is 5.27. The summed E-state index contributed by atoms with van der Waals surface area (Å²) in [6.45, 7) is 6.75. The Bertz CT molecular complexity index is 392. The van der Waals surface area contributed by atoms with Crippen molar-refractivity contribution in [1.82, 2.24) is 4.90 Å². The molecule has 17 heavy (non-hydrogen) atoms. The van der Waals surface area contributed by atoms with Gasteiger partial charge in [0.2, 0.25) is 0 Å². The van der Waals surface area contributed by atoms with Crippen LogP contribution in [0.4, 0.5) is 4.39 Å². The topological polar surface area (TPSA) is 29.3 Å². The Hall–Kier alpha value is -0.930. The van der Waals surface area contributed by atoms with E-state index in [4.69, 9.17) is 5.73 Å². The second kappa shape index (κ2) is 5.15. The van der Waals surface area contributed by atoms with Crippen LogP contribution in [0.25, 0.3) is 0 Å². The third kappa shape index (κ3) is 2.67.